The molecule has 2 aromatic rings. The van der Waals surface area contributed by atoms with Gasteiger partial charge in [0.15, 0.2) is 0 Å². The third-order valence-electron chi connectivity index (χ3n) is 2.07. The molecule has 1 aromatic heterocycles. The Labute approximate surface area is 97.7 Å². The Morgan fingerprint density at radius 2 is 2.13 bits per heavy atom. The van der Waals surface area contributed by atoms with Gasteiger partial charge in [0.2, 0.25) is 0 Å². The molecule has 0 atom stereocenters. The van der Waals surface area contributed by atoms with Crippen molar-refractivity contribution < 1.29 is 0 Å². The summed E-state index contributed by atoms with van der Waals surface area (Å²) >= 11 is 7.74. The van der Waals surface area contributed by atoms with Gasteiger partial charge in [0.05, 0.1) is 16.4 Å². The smallest absolute Gasteiger partial charge is 0.0766 e. The first-order chi connectivity index (χ1) is 7.27. The van der Waals surface area contributed by atoms with Crippen molar-refractivity contribution in [3.63, 3.8) is 0 Å². The predicted octanol–water partition coefficient (Wildman–Crippen LogP) is 3.60. The molecular formula is C11H11ClN2S. The van der Waals surface area contributed by atoms with Crippen LogP contribution in [0, 0.1) is 0 Å². The minimum Gasteiger partial charge on any atom is -0.397 e. The van der Waals surface area contributed by atoms with Crippen LogP contribution in [0.3, 0.4) is 0 Å². The number of nitrogen functional groups attached to an aromatic ring is 1. The molecule has 0 aliphatic carbocycles. The normalized spacial score (nSPS) is 10.2. The lowest BCUT2D eigenvalue weighted by atomic mass is 10.2. The molecule has 78 valence electrons. The zero-order chi connectivity index (χ0) is 10.7. The van der Waals surface area contributed by atoms with E-state index in [4.69, 9.17) is 17.3 Å². The highest BCUT2D eigenvalue weighted by Crippen LogP contribution is 2.28. The van der Waals surface area contributed by atoms with E-state index in [0.29, 0.717) is 10.7 Å². The molecule has 0 radical (unpaired) electrons. The van der Waals surface area contributed by atoms with Crippen LogP contribution in [0.5, 0.6) is 0 Å². The standard InChI is InChI=1S/C11H11ClN2S/c12-9-4-1-5-10(13)11(9)14-7-8-3-2-6-15-8/h1-6,14H,7,13H2. The Hall–Kier alpha value is -1.19. The predicted molar refractivity (Wildman–Crippen MR) is 67.5 cm³/mol. The third-order valence-corrected chi connectivity index (χ3v) is 3.26. The first kappa shape index (κ1) is 10.3. The number of hydrogen-bond acceptors (Lipinski definition) is 3. The first-order valence-corrected chi connectivity index (χ1v) is 5.83. The van der Waals surface area contributed by atoms with Crippen LogP contribution in [0.4, 0.5) is 11.4 Å². The molecule has 0 aliphatic heterocycles. The van der Waals surface area contributed by atoms with Crippen LogP contribution in [-0.2, 0) is 6.54 Å². The van der Waals surface area contributed by atoms with Crippen LogP contribution in [0.15, 0.2) is 35.7 Å². The average Bonchev–Trinajstić information content (AvgIpc) is 2.70. The maximum absolute atomic E-state index is 6.03. The van der Waals surface area contributed by atoms with E-state index in [2.05, 4.69) is 11.4 Å². The first-order valence-electron chi connectivity index (χ1n) is 4.57. The fraction of sp³-hybridized carbons (Fsp3) is 0.0909. The van der Waals surface area contributed by atoms with Crippen LogP contribution in [0.2, 0.25) is 5.02 Å². The van der Waals surface area contributed by atoms with Gasteiger partial charge in [0.1, 0.15) is 0 Å². The Morgan fingerprint density at radius 1 is 1.27 bits per heavy atom. The topological polar surface area (TPSA) is 38.0 Å². The monoisotopic (exact) mass is 238 g/mol. The number of benzene rings is 1. The van der Waals surface area contributed by atoms with Crippen molar-refractivity contribution in [1.82, 2.24) is 0 Å². The minimum absolute atomic E-state index is 0.659. The zero-order valence-electron chi connectivity index (χ0n) is 8.03. The number of nitrogens with two attached hydrogens (primary N) is 1. The lowest BCUT2D eigenvalue weighted by Crippen LogP contribution is -2.01. The lowest BCUT2D eigenvalue weighted by Gasteiger charge is -2.09. The fourth-order valence-corrected chi connectivity index (χ4v) is 2.21. The lowest BCUT2D eigenvalue weighted by molar-refractivity contribution is 1.19. The number of para-hydroxylation sites is 1. The maximum Gasteiger partial charge on any atom is 0.0766 e. The molecule has 1 aromatic carbocycles. The van der Waals surface area contributed by atoms with Gasteiger partial charge in [0, 0.05) is 11.4 Å². The van der Waals surface area contributed by atoms with Crippen LogP contribution in [-0.4, -0.2) is 0 Å². The van der Waals surface area contributed by atoms with E-state index in [9.17, 15) is 0 Å². The molecule has 0 saturated carbocycles. The summed E-state index contributed by atoms with van der Waals surface area (Å²) in [5.41, 5.74) is 7.31. The molecule has 0 aliphatic rings. The maximum atomic E-state index is 6.03. The van der Waals surface area contributed by atoms with Gasteiger partial charge in [-0.1, -0.05) is 23.7 Å². The van der Waals surface area contributed by atoms with Crippen molar-refractivity contribution >= 4 is 34.3 Å². The third kappa shape index (κ3) is 2.43. The summed E-state index contributed by atoms with van der Waals surface area (Å²) in [6.07, 6.45) is 0. The number of thiophene rings is 1. The van der Waals surface area contributed by atoms with Crippen LogP contribution in [0.25, 0.3) is 0 Å². The number of nitrogens with one attached hydrogen (secondary N) is 1. The van der Waals surface area contributed by atoms with Gasteiger partial charge < -0.3 is 11.1 Å². The molecule has 2 nitrogen and oxygen atoms in total. The van der Waals surface area contributed by atoms with Gasteiger partial charge >= 0.3 is 0 Å². The van der Waals surface area contributed by atoms with Crippen molar-refractivity contribution in [1.29, 1.82) is 0 Å². The van der Waals surface area contributed by atoms with Crippen molar-refractivity contribution in [2.75, 3.05) is 11.1 Å². The van der Waals surface area contributed by atoms with Gasteiger partial charge in [-0.25, -0.2) is 0 Å². The molecule has 0 bridgehead atoms. The summed E-state index contributed by atoms with van der Waals surface area (Å²) in [7, 11) is 0. The average molecular weight is 239 g/mol. The second-order valence-corrected chi connectivity index (χ2v) is 4.58. The summed E-state index contributed by atoms with van der Waals surface area (Å²) in [6.45, 7) is 0.756. The van der Waals surface area contributed by atoms with E-state index in [0.717, 1.165) is 12.2 Å². The van der Waals surface area contributed by atoms with Crippen molar-refractivity contribution in [2.45, 2.75) is 6.54 Å². The summed E-state index contributed by atoms with van der Waals surface area (Å²) in [6, 6.07) is 9.60. The fourth-order valence-electron chi connectivity index (χ4n) is 1.32. The number of hydrogen-bond donors (Lipinski definition) is 2. The quantitative estimate of drug-likeness (QED) is 0.802. The highest BCUT2D eigenvalue weighted by atomic mass is 35.5. The summed E-state index contributed by atoms with van der Waals surface area (Å²) in [4.78, 5) is 1.26. The van der Waals surface area contributed by atoms with E-state index < -0.39 is 0 Å². The Morgan fingerprint density at radius 3 is 2.80 bits per heavy atom. The van der Waals surface area contributed by atoms with Gasteiger partial charge in [-0.05, 0) is 23.6 Å². The van der Waals surface area contributed by atoms with Gasteiger partial charge in [-0.3, -0.25) is 0 Å². The van der Waals surface area contributed by atoms with Crippen LogP contribution < -0.4 is 11.1 Å². The second kappa shape index (κ2) is 4.55. The van der Waals surface area contributed by atoms with Gasteiger partial charge in [-0.15, -0.1) is 11.3 Å². The largest absolute Gasteiger partial charge is 0.397 e. The van der Waals surface area contributed by atoms with E-state index in [1.165, 1.54) is 4.88 Å². The summed E-state index contributed by atoms with van der Waals surface area (Å²) in [5, 5.41) is 5.94. The molecule has 15 heavy (non-hydrogen) atoms. The van der Waals surface area contributed by atoms with Gasteiger partial charge in [-0.2, -0.15) is 0 Å². The zero-order valence-corrected chi connectivity index (χ0v) is 9.61. The molecule has 1 heterocycles. The van der Waals surface area contributed by atoms with E-state index in [1.54, 1.807) is 11.3 Å². The van der Waals surface area contributed by atoms with Gasteiger partial charge in [0.25, 0.3) is 0 Å². The molecule has 0 saturated heterocycles. The van der Waals surface area contributed by atoms with Crippen LogP contribution in [0.1, 0.15) is 4.88 Å². The second-order valence-electron chi connectivity index (χ2n) is 3.14. The highest BCUT2D eigenvalue weighted by molar-refractivity contribution is 7.09. The molecule has 0 unspecified atom stereocenters. The molecule has 4 heteroatoms. The van der Waals surface area contributed by atoms with Crippen molar-refractivity contribution in [2.24, 2.45) is 0 Å². The molecule has 0 spiro atoms. The number of rotatable bonds is 3. The molecule has 3 N–H and O–H groups in total. The van der Waals surface area contributed by atoms with Crippen molar-refractivity contribution in [3.05, 3.63) is 45.6 Å². The molecular weight excluding hydrogens is 228 g/mol. The Balaban J connectivity index is 2.11. The Bertz CT molecular complexity index is 420. The van der Waals surface area contributed by atoms with Crippen LogP contribution >= 0.6 is 22.9 Å². The molecule has 0 fully saturated rings. The SMILES string of the molecule is Nc1cccc(Cl)c1NCc1cccs1. The van der Waals surface area contributed by atoms with E-state index in [1.807, 2.05) is 29.6 Å². The van der Waals surface area contributed by atoms with Crippen molar-refractivity contribution in [3.8, 4) is 0 Å². The molecule has 2 rings (SSSR count). The minimum atomic E-state index is 0.659. The summed E-state index contributed by atoms with van der Waals surface area (Å²) in [5.74, 6) is 0. The number of anilines is 2. The number of halogens is 1. The Kier molecular flexibility index (Phi) is 3.14. The van der Waals surface area contributed by atoms with E-state index in [-0.39, 0.29) is 0 Å². The van der Waals surface area contributed by atoms with E-state index >= 15 is 0 Å². The highest BCUT2D eigenvalue weighted by Gasteiger charge is 2.03. The summed E-state index contributed by atoms with van der Waals surface area (Å²) < 4.78 is 0. The molecule has 0 amide bonds.